The Kier molecular flexibility index (Phi) is 4.54. The van der Waals surface area contributed by atoms with Crippen molar-refractivity contribution in [3.05, 3.63) is 27.4 Å². The monoisotopic (exact) mass is 279 g/mol. The SMILES string of the molecule is Cc1nc(=O)[nH]c(C)c1CC(=O)NC1CCCC1CO. The van der Waals surface area contributed by atoms with Gasteiger partial charge in [-0.15, -0.1) is 0 Å². The Balaban J connectivity index is 2.03. The number of carbonyl (C=O) groups is 1. The number of hydrogen-bond donors (Lipinski definition) is 3. The van der Waals surface area contributed by atoms with Gasteiger partial charge in [0.2, 0.25) is 5.91 Å². The highest BCUT2D eigenvalue weighted by Crippen LogP contribution is 2.25. The lowest BCUT2D eigenvalue weighted by Crippen LogP contribution is -2.39. The lowest BCUT2D eigenvalue weighted by Gasteiger charge is -2.19. The van der Waals surface area contributed by atoms with Crippen molar-refractivity contribution in [2.75, 3.05) is 6.61 Å². The van der Waals surface area contributed by atoms with Crippen molar-refractivity contribution in [2.45, 2.75) is 45.6 Å². The molecule has 1 amide bonds. The van der Waals surface area contributed by atoms with Crippen molar-refractivity contribution in [3.8, 4) is 0 Å². The smallest absolute Gasteiger partial charge is 0.345 e. The maximum Gasteiger partial charge on any atom is 0.345 e. The van der Waals surface area contributed by atoms with Crippen LogP contribution in [0.5, 0.6) is 0 Å². The number of nitrogens with one attached hydrogen (secondary N) is 2. The average molecular weight is 279 g/mol. The summed E-state index contributed by atoms with van der Waals surface area (Å²) in [6, 6.07) is 0.0591. The van der Waals surface area contributed by atoms with Crippen LogP contribution in [-0.4, -0.2) is 33.6 Å². The van der Waals surface area contributed by atoms with E-state index >= 15 is 0 Å². The zero-order chi connectivity index (χ0) is 14.7. The third-order valence-corrected chi connectivity index (χ3v) is 4.03. The van der Waals surface area contributed by atoms with Gasteiger partial charge in [0.15, 0.2) is 0 Å². The molecule has 20 heavy (non-hydrogen) atoms. The number of aromatic amines is 1. The third-order valence-electron chi connectivity index (χ3n) is 4.03. The number of aryl methyl sites for hydroxylation is 2. The standard InChI is InChI=1S/C14H21N3O3/c1-8-11(9(2)16-14(20)15-8)6-13(19)17-12-5-3-4-10(12)7-18/h10,12,18H,3-7H2,1-2H3,(H,17,19)(H,15,16,20). The number of rotatable bonds is 4. The minimum Gasteiger partial charge on any atom is -0.396 e. The van der Waals surface area contributed by atoms with Gasteiger partial charge in [0.1, 0.15) is 0 Å². The molecule has 0 radical (unpaired) electrons. The van der Waals surface area contributed by atoms with E-state index in [0.717, 1.165) is 24.8 Å². The molecule has 0 saturated heterocycles. The van der Waals surface area contributed by atoms with Crippen LogP contribution < -0.4 is 11.0 Å². The summed E-state index contributed by atoms with van der Waals surface area (Å²) in [6.07, 6.45) is 3.11. The van der Waals surface area contributed by atoms with Crippen molar-refractivity contribution in [1.29, 1.82) is 0 Å². The van der Waals surface area contributed by atoms with Gasteiger partial charge in [0, 0.05) is 35.5 Å². The molecule has 1 fully saturated rings. The second-order valence-corrected chi connectivity index (χ2v) is 5.46. The fourth-order valence-electron chi connectivity index (χ4n) is 2.88. The topological polar surface area (TPSA) is 95.1 Å². The molecule has 3 N–H and O–H groups in total. The summed E-state index contributed by atoms with van der Waals surface area (Å²) in [5.74, 6) is 0.0743. The highest BCUT2D eigenvalue weighted by molar-refractivity contribution is 5.79. The number of nitrogens with zero attached hydrogens (tertiary/aromatic N) is 1. The number of aliphatic hydroxyl groups excluding tert-OH is 1. The number of hydrogen-bond acceptors (Lipinski definition) is 4. The van der Waals surface area contributed by atoms with Crippen LogP contribution in [0.1, 0.15) is 36.2 Å². The number of aliphatic hydroxyl groups is 1. The van der Waals surface area contributed by atoms with Gasteiger partial charge in [0.25, 0.3) is 0 Å². The summed E-state index contributed by atoms with van der Waals surface area (Å²) < 4.78 is 0. The molecule has 6 nitrogen and oxygen atoms in total. The fourth-order valence-corrected chi connectivity index (χ4v) is 2.88. The summed E-state index contributed by atoms with van der Waals surface area (Å²) in [5, 5.41) is 12.2. The molecule has 2 atom stereocenters. The van der Waals surface area contributed by atoms with Crippen LogP contribution in [0.2, 0.25) is 0 Å². The average Bonchev–Trinajstić information content (AvgIpc) is 2.81. The summed E-state index contributed by atoms with van der Waals surface area (Å²) in [7, 11) is 0. The molecule has 1 aromatic heterocycles. The Morgan fingerprint density at radius 3 is 2.85 bits per heavy atom. The maximum atomic E-state index is 12.1. The van der Waals surface area contributed by atoms with Crippen LogP contribution in [0.3, 0.4) is 0 Å². The molecular weight excluding hydrogens is 258 g/mol. The molecule has 6 heteroatoms. The van der Waals surface area contributed by atoms with Gasteiger partial charge in [-0.2, -0.15) is 4.98 Å². The highest BCUT2D eigenvalue weighted by atomic mass is 16.3. The molecule has 2 rings (SSSR count). The molecule has 1 saturated carbocycles. The third kappa shape index (κ3) is 3.25. The van der Waals surface area contributed by atoms with Crippen molar-refractivity contribution >= 4 is 5.91 Å². The van der Waals surface area contributed by atoms with Crippen molar-refractivity contribution < 1.29 is 9.90 Å². The highest BCUT2D eigenvalue weighted by Gasteiger charge is 2.28. The Morgan fingerprint density at radius 1 is 1.45 bits per heavy atom. The first-order valence-corrected chi connectivity index (χ1v) is 6.98. The number of aromatic nitrogens is 2. The van der Waals surface area contributed by atoms with E-state index in [1.165, 1.54) is 0 Å². The Morgan fingerprint density at radius 2 is 2.20 bits per heavy atom. The second-order valence-electron chi connectivity index (χ2n) is 5.46. The lowest BCUT2D eigenvalue weighted by molar-refractivity contribution is -0.121. The molecule has 1 aromatic rings. The van der Waals surface area contributed by atoms with Gasteiger partial charge >= 0.3 is 5.69 Å². The molecule has 2 unspecified atom stereocenters. The van der Waals surface area contributed by atoms with Crippen molar-refractivity contribution in [1.82, 2.24) is 15.3 Å². The van der Waals surface area contributed by atoms with E-state index in [-0.39, 0.29) is 36.6 Å². The fraction of sp³-hybridized carbons (Fsp3) is 0.643. The predicted molar refractivity (Wildman–Crippen MR) is 74.4 cm³/mol. The molecule has 0 aromatic carbocycles. The Labute approximate surface area is 117 Å². The minimum atomic E-state index is -0.389. The molecular formula is C14H21N3O3. The quantitative estimate of drug-likeness (QED) is 0.734. The van der Waals surface area contributed by atoms with Crippen LogP contribution >= 0.6 is 0 Å². The maximum absolute atomic E-state index is 12.1. The van der Waals surface area contributed by atoms with E-state index in [1.807, 2.05) is 0 Å². The van der Waals surface area contributed by atoms with Gasteiger partial charge in [-0.05, 0) is 26.7 Å². The molecule has 1 aliphatic rings. The van der Waals surface area contributed by atoms with E-state index in [1.54, 1.807) is 13.8 Å². The lowest BCUT2D eigenvalue weighted by atomic mass is 10.0. The van der Waals surface area contributed by atoms with Crippen molar-refractivity contribution in [3.63, 3.8) is 0 Å². The Bertz CT molecular complexity index is 527. The molecule has 0 spiro atoms. The molecule has 110 valence electrons. The van der Waals surface area contributed by atoms with Crippen LogP contribution in [0.4, 0.5) is 0 Å². The molecule has 0 bridgehead atoms. The van der Waals surface area contributed by atoms with E-state index in [9.17, 15) is 14.7 Å². The van der Waals surface area contributed by atoms with E-state index in [2.05, 4.69) is 15.3 Å². The predicted octanol–water partition coefficient (Wildman–Crippen LogP) is 0.206. The van der Waals surface area contributed by atoms with Crippen LogP contribution in [0.25, 0.3) is 0 Å². The van der Waals surface area contributed by atoms with Crippen molar-refractivity contribution in [2.24, 2.45) is 5.92 Å². The summed E-state index contributed by atoms with van der Waals surface area (Å²) in [6.45, 7) is 3.62. The van der Waals surface area contributed by atoms with Crippen LogP contribution in [0.15, 0.2) is 4.79 Å². The summed E-state index contributed by atoms with van der Waals surface area (Å²) in [4.78, 5) is 29.8. The first-order chi connectivity index (χ1) is 9.51. The van der Waals surface area contributed by atoms with Gasteiger partial charge in [-0.25, -0.2) is 4.79 Å². The van der Waals surface area contributed by atoms with E-state index in [0.29, 0.717) is 11.4 Å². The molecule has 1 heterocycles. The van der Waals surface area contributed by atoms with Crippen LogP contribution in [-0.2, 0) is 11.2 Å². The number of H-pyrrole nitrogens is 1. The zero-order valence-electron chi connectivity index (χ0n) is 11.9. The van der Waals surface area contributed by atoms with Gasteiger partial charge in [-0.3, -0.25) is 4.79 Å². The van der Waals surface area contributed by atoms with Gasteiger partial charge < -0.3 is 15.4 Å². The Hall–Kier alpha value is -1.69. The van der Waals surface area contributed by atoms with Gasteiger partial charge in [0.05, 0.1) is 6.42 Å². The second kappa shape index (κ2) is 6.17. The first-order valence-electron chi connectivity index (χ1n) is 6.98. The largest absolute Gasteiger partial charge is 0.396 e. The van der Waals surface area contributed by atoms with E-state index in [4.69, 9.17) is 0 Å². The molecule has 1 aliphatic carbocycles. The zero-order valence-corrected chi connectivity index (χ0v) is 11.9. The number of carbonyl (C=O) groups excluding carboxylic acids is 1. The normalized spacial score (nSPS) is 21.9. The first kappa shape index (κ1) is 14.7. The summed E-state index contributed by atoms with van der Waals surface area (Å²) in [5.41, 5.74) is 1.65. The minimum absolute atomic E-state index is 0.0591. The molecule has 0 aliphatic heterocycles. The van der Waals surface area contributed by atoms with Crippen LogP contribution in [0, 0.1) is 19.8 Å². The summed E-state index contributed by atoms with van der Waals surface area (Å²) >= 11 is 0. The van der Waals surface area contributed by atoms with E-state index < -0.39 is 0 Å². The van der Waals surface area contributed by atoms with Gasteiger partial charge in [-0.1, -0.05) is 6.42 Å². The number of amides is 1.